The fourth-order valence-corrected chi connectivity index (χ4v) is 1.36. The lowest BCUT2D eigenvalue weighted by Crippen LogP contribution is -2.37. The molecule has 0 radical (unpaired) electrons. The maximum absolute atomic E-state index is 11.4. The molecule has 1 aliphatic heterocycles. The van der Waals surface area contributed by atoms with E-state index in [9.17, 15) is 4.79 Å². The fraction of sp³-hybridized carbons (Fsp3) is 0.500. The first-order chi connectivity index (χ1) is 7.31. The number of ether oxygens (including phenoxy) is 1. The van der Waals surface area contributed by atoms with Crippen LogP contribution >= 0.6 is 0 Å². The number of hydrogen-bond acceptors (Lipinski definition) is 5. The van der Waals surface area contributed by atoms with Gasteiger partial charge in [0.1, 0.15) is 5.82 Å². The van der Waals surface area contributed by atoms with E-state index in [1.165, 1.54) is 6.42 Å². The van der Waals surface area contributed by atoms with Crippen LogP contribution in [0.25, 0.3) is 0 Å². The number of carbonyl (C=O) groups excluding carboxylic acids is 1. The van der Waals surface area contributed by atoms with Gasteiger partial charge in [0.2, 0.25) is 5.82 Å². The standard InChI is InChI=1S/C10H13N3O2/c1-2-15-10(14)9-11-5-4-8(12-9)13-6-3-7-13/h4-5H,2-3,6-7H2,1H3. The summed E-state index contributed by atoms with van der Waals surface area (Å²) in [5, 5.41) is 0. The molecule has 1 aliphatic rings. The Morgan fingerprint density at radius 3 is 3.00 bits per heavy atom. The van der Waals surface area contributed by atoms with Gasteiger partial charge >= 0.3 is 5.97 Å². The van der Waals surface area contributed by atoms with Crippen molar-refractivity contribution in [3.05, 3.63) is 18.1 Å². The summed E-state index contributed by atoms with van der Waals surface area (Å²) in [6.45, 7) is 4.10. The van der Waals surface area contributed by atoms with Gasteiger partial charge in [0.15, 0.2) is 0 Å². The normalized spacial score (nSPS) is 14.6. The summed E-state index contributed by atoms with van der Waals surface area (Å²) in [6, 6.07) is 1.81. The second-order valence-corrected chi connectivity index (χ2v) is 3.30. The Balaban J connectivity index is 2.14. The topological polar surface area (TPSA) is 55.3 Å². The van der Waals surface area contributed by atoms with E-state index in [4.69, 9.17) is 4.74 Å². The summed E-state index contributed by atoms with van der Waals surface area (Å²) < 4.78 is 4.83. The van der Waals surface area contributed by atoms with Crippen molar-refractivity contribution in [2.24, 2.45) is 0 Å². The van der Waals surface area contributed by atoms with E-state index in [0.29, 0.717) is 6.61 Å². The van der Waals surface area contributed by atoms with Gasteiger partial charge in [-0.3, -0.25) is 0 Å². The smallest absolute Gasteiger partial charge is 0.376 e. The van der Waals surface area contributed by atoms with Crippen LogP contribution in [0.4, 0.5) is 5.82 Å². The van der Waals surface area contributed by atoms with Gasteiger partial charge in [-0.05, 0) is 19.4 Å². The average Bonchev–Trinajstić information content (AvgIpc) is 2.16. The first kappa shape index (κ1) is 9.89. The summed E-state index contributed by atoms with van der Waals surface area (Å²) in [5.74, 6) is 0.487. The van der Waals surface area contributed by atoms with E-state index in [1.807, 2.05) is 6.07 Å². The third kappa shape index (κ3) is 2.06. The Morgan fingerprint density at radius 1 is 1.60 bits per heavy atom. The van der Waals surface area contributed by atoms with Crippen LogP contribution in [0, 0.1) is 0 Å². The van der Waals surface area contributed by atoms with E-state index in [-0.39, 0.29) is 5.82 Å². The molecular weight excluding hydrogens is 194 g/mol. The number of aromatic nitrogens is 2. The Labute approximate surface area is 88.1 Å². The highest BCUT2D eigenvalue weighted by atomic mass is 16.5. The largest absolute Gasteiger partial charge is 0.460 e. The van der Waals surface area contributed by atoms with Crippen LogP contribution < -0.4 is 4.90 Å². The van der Waals surface area contributed by atoms with Crippen LogP contribution in [0.15, 0.2) is 12.3 Å². The Hall–Kier alpha value is -1.65. The lowest BCUT2D eigenvalue weighted by atomic mass is 10.2. The first-order valence-corrected chi connectivity index (χ1v) is 5.06. The third-order valence-corrected chi connectivity index (χ3v) is 2.28. The maximum Gasteiger partial charge on any atom is 0.376 e. The van der Waals surface area contributed by atoms with E-state index >= 15 is 0 Å². The van der Waals surface area contributed by atoms with Gasteiger partial charge in [-0.25, -0.2) is 14.8 Å². The van der Waals surface area contributed by atoms with Gasteiger partial charge in [-0.2, -0.15) is 0 Å². The second-order valence-electron chi connectivity index (χ2n) is 3.30. The monoisotopic (exact) mass is 207 g/mol. The molecule has 5 heteroatoms. The zero-order valence-electron chi connectivity index (χ0n) is 8.64. The molecular formula is C10H13N3O2. The van der Waals surface area contributed by atoms with Crippen molar-refractivity contribution >= 4 is 11.8 Å². The van der Waals surface area contributed by atoms with Crippen LogP contribution in [0.1, 0.15) is 24.0 Å². The van der Waals surface area contributed by atoms with Gasteiger partial charge in [0, 0.05) is 19.3 Å². The van der Waals surface area contributed by atoms with Gasteiger partial charge in [-0.1, -0.05) is 0 Å². The lowest BCUT2D eigenvalue weighted by Gasteiger charge is -2.31. The highest BCUT2D eigenvalue weighted by Gasteiger charge is 2.18. The summed E-state index contributed by atoms with van der Waals surface area (Å²) in [6.07, 6.45) is 2.77. The van der Waals surface area contributed by atoms with Gasteiger partial charge in [0.05, 0.1) is 6.61 Å². The zero-order chi connectivity index (χ0) is 10.7. The predicted molar refractivity (Wildman–Crippen MR) is 54.8 cm³/mol. The molecule has 0 N–H and O–H groups in total. The first-order valence-electron chi connectivity index (χ1n) is 5.06. The number of rotatable bonds is 3. The molecule has 2 heterocycles. The highest BCUT2D eigenvalue weighted by molar-refractivity contribution is 5.85. The van der Waals surface area contributed by atoms with E-state index in [1.54, 1.807) is 13.1 Å². The van der Waals surface area contributed by atoms with Crippen molar-refractivity contribution in [1.29, 1.82) is 0 Å². The lowest BCUT2D eigenvalue weighted by molar-refractivity contribution is 0.0512. The minimum absolute atomic E-state index is 0.140. The molecule has 0 aliphatic carbocycles. The molecule has 0 aromatic carbocycles. The van der Waals surface area contributed by atoms with Gasteiger partial charge < -0.3 is 9.64 Å². The van der Waals surface area contributed by atoms with Crippen LogP contribution in [-0.2, 0) is 4.74 Å². The molecule has 0 atom stereocenters. The van der Waals surface area contributed by atoms with Gasteiger partial charge in [0.25, 0.3) is 0 Å². The molecule has 2 rings (SSSR count). The molecule has 15 heavy (non-hydrogen) atoms. The number of carbonyl (C=O) groups is 1. The number of esters is 1. The number of nitrogens with zero attached hydrogens (tertiary/aromatic N) is 3. The molecule has 80 valence electrons. The molecule has 0 saturated carbocycles. The summed E-state index contributed by atoms with van der Waals surface area (Å²) in [5.41, 5.74) is 0. The van der Waals surface area contributed by atoms with Crippen LogP contribution in [0.3, 0.4) is 0 Å². The number of anilines is 1. The van der Waals surface area contributed by atoms with Crippen molar-refractivity contribution < 1.29 is 9.53 Å². The highest BCUT2D eigenvalue weighted by Crippen LogP contribution is 2.16. The van der Waals surface area contributed by atoms with Crippen LogP contribution in [0.5, 0.6) is 0 Å². The van der Waals surface area contributed by atoms with Crippen LogP contribution in [-0.4, -0.2) is 35.6 Å². The average molecular weight is 207 g/mol. The molecule has 1 aromatic heterocycles. The quantitative estimate of drug-likeness (QED) is 0.688. The molecule has 5 nitrogen and oxygen atoms in total. The van der Waals surface area contributed by atoms with Crippen molar-refractivity contribution in [3.63, 3.8) is 0 Å². The molecule has 1 saturated heterocycles. The van der Waals surface area contributed by atoms with Crippen LogP contribution in [0.2, 0.25) is 0 Å². The van der Waals surface area contributed by atoms with Crippen molar-refractivity contribution in [2.75, 3.05) is 24.6 Å². The van der Waals surface area contributed by atoms with Crippen molar-refractivity contribution in [1.82, 2.24) is 9.97 Å². The Morgan fingerprint density at radius 2 is 2.40 bits per heavy atom. The Kier molecular flexibility index (Phi) is 2.80. The molecule has 1 fully saturated rings. The minimum atomic E-state index is -0.458. The van der Waals surface area contributed by atoms with E-state index in [0.717, 1.165) is 18.9 Å². The summed E-state index contributed by atoms with van der Waals surface area (Å²) >= 11 is 0. The van der Waals surface area contributed by atoms with E-state index in [2.05, 4.69) is 14.9 Å². The van der Waals surface area contributed by atoms with Crippen molar-refractivity contribution in [3.8, 4) is 0 Å². The predicted octanol–water partition coefficient (Wildman–Crippen LogP) is 0.863. The Bertz CT molecular complexity index is 363. The molecule has 0 bridgehead atoms. The molecule has 0 amide bonds. The summed E-state index contributed by atoms with van der Waals surface area (Å²) in [7, 11) is 0. The second kappa shape index (κ2) is 4.25. The third-order valence-electron chi connectivity index (χ3n) is 2.28. The van der Waals surface area contributed by atoms with E-state index < -0.39 is 5.97 Å². The van der Waals surface area contributed by atoms with Gasteiger partial charge in [-0.15, -0.1) is 0 Å². The molecule has 1 aromatic rings. The van der Waals surface area contributed by atoms with Crippen molar-refractivity contribution in [2.45, 2.75) is 13.3 Å². The zero-order valence-corrected chi connectivity index (χ0v) is 8.64. The number of hydrogen-bond donors (Lipinski definition) is 0. The fourth-order valence-electron chi connectivity index (χ4n) is 1.36. The summed E-state index contributed by atoms with van der Waals surface area (Å²) in [4.78, 5) is 21.5. The SMILES string of the molecule is CCOC(=O)c1nccc(N2CCC2)n1. The molecule has 0 spiro atoms. The maximum atomic E-state index is 11.4. The minimum Gasteiger partial charge on any atom is -0.460 e. The molecule has 0 unspecified atom stereocenters.